The number of hydrogen-bond donors (Lipinski definition) is 0. The zero-order chi connectivity index (χ0) is 18.1. The molecule has 1 aromatic carbocycles. The summed E-state index contributed by atoms with van der Waals surface area (Å²) < 4.78 is 94.7. The van der Waals surface area contributed by atoms with Crippen LogP contribution >= 0.6 is 0 Å². The molecule has 0 spiro atoms. The first-order valence-electron chi connectivity index (χ1n) is 6.46. The number of methoxy groups -OCH3 is 1. The molecule has 0 saturated carbocycles. The average Bonchev–Trinajstić information content (AvgIpc) is 2.43. The number of alkyl halides is 7. The molecule has 0 bridgehead atoms. The summed E-state index contributed by atoms with van der Waals surface area (Å²) in [5, 5.41) is 0. The zero-order valence-electron chi connectivity index (χ0n) is 12.6. The number of ether oxygens (including phenoxy) is 1. The van der Waals surface area contributed by atoms with Crippen LogP contribution in [-0.4, -0.2) is 39.2 Å². The summed E-state index contributed by atoms with van der Waals surface area (Å²) in [5.41, 5.74) is 0.475. The molecule has 0 N–H and O–H groups in total. The van der Waals surface area contributed by atoms with Crippen molar-refractivity contribution in [2.24, 2.45) is 0 Å². The molecule has 2 nitrogen and oxygen atoms in total. The number of rotatable bonds is 6. The third kappa shape index (κ3) is 3.88. The maximum Gasteiger partial charge on any atom is 0.459 e. The summed E-state index contributed by atoms with van der Waals surface area (Å²) in [5.74, 6) is -11.5. The smallest absolute Gasteiger partial charge is 0.377 e. The first kappa shape index (κ1) is 19.5. The average molecular weight is 347 g/mol. The summed E-state index contributed by atoms with van der Waals surface area (Å²) in [4.78, 5) is 1.52. The molecule has 9 heteroatoms. The topological polar surface area (TPSA) is 12.5 Å². The molecule has 132 valence electrons. The second-order valence-corrected chi connectivity index (χ2v) is 5.16. The Labute approximate surface area is 128 Å². The highest BCUT2D eigenvalue weighted by Gasteiger charge is 2.73. The molecule has 1 aromatic rings. The van der Waals surface area contributed by atoms with E-state index in [1.165, 1.54) is 23.1 Å². The first-order valence-corrected chi connectivity index (χ1v) is 6.46. The Morgan fingerprint density at radius 3 is 1.96 bits per heavy atom. The van der Waals surface area contributed by atoms with E-state index < -0.39 is 30.5 Å². The number of hydrogen-bond acceptors (Lipinski definition) is 2. The standard InChI is InChI=1S/C14H16F7NO/c1-22(2)10-7-5-4-6-9(10)11(23-3)8-12(15,16)13(17,18)14(19,20)21/h4-7,11H,8H2,1-3H3. The highest BCUT2D eigenvalue weighted by molar-refractivity contribution is 5.53. The van der Waals surface area contributed by atoms with Crippen molar-refractivity contribution in [2.75, 3.05) is 26.1 Å². The molecule has 0 aromatic heterocycles. The molecule has 0 fully saturated rings. The van der Waals surface area contributed by atoms with E-state index in [0.717, 1.165) is 7.11 Å². The van der Waals surface area contributed by atoms with E-state index in [4.69, 9.17) is 4.74 Å². The minimum atomic E-state index is -6.35. The van der Waals surface area contributed by atoms with Crippen molar-refractivity contribution in [1.82, 2.24) is 0 Å². The maximum atomic E-state index is 13.6. The van der Waals surface area contributed by atoms with E-state index in [0.29, 0.717) is 5.69 Å². The predicted octanol–water partition coefficient (Wildman–Crippen LogP) is 4.66. The lowest BCUT2D eigenvalue weighted by atomic mass is 9.97. The van der Waals surface area contributed by atoms with Crippen LogP contribution in [0.4, 0.5) is 36.4 Å². The third-order valence-electron chi connectivity index (χ3n) is 3.31. The van der Waals surface area contributed by atoms with Gasteiger partial charge >= 0.3 is 18.0 Å². The van der Waals surface area contributed by atoms with E-state index in [1.807, 2.05) is 0 Å². The van der Waals surface area contributed by atoms with Gasteiger partial charge in [-0.3, -0.25) is 0 Å². The molecule has 0 aliphatic heterocycles. The Balaban J connectivity index is 3.19. The maximum absolute atomic E-state index is 13.6. The van der Waals surface area contributed by atoms with E-state index in [2.05, 4.69) is 0 Å². The van der Waals surface area contributed by atoms with E-state index in [9.17, 15) is 30.7 Å². The molecular weight excluding hydrogens is 331 g/mol. The molecule has 0 saturated heterocycles. The molecule has 0 amide bonds. The van der Waals surface area contributed by atoms with Gasteiger partial charge in [-0.15, -0.1) is 0 Å². The van der Waals surface area contributed by atoms with Crippen LogP contribution < -0.4 is 4.90 Å². The predicted molar refractivity (Wildman–Crippen MR) is 71.1 cm³/mol. The van der Waals surface area contributed by atoms with Crippen molar-refractivity contribution in [2.45, 2.75) is 30.5 Å². The lowest BCUT2D eigenvalue weighted by Gasteiger charge is -2.31. The third-order valence-corrected chi connectivity index (χ3v) is 3.31. The minimum absolute atomic E-state index is 0.0950. The fourth-order valence-electron chi connectivity index (χ4n) is 2.06. The molecule has 1 unspecified atom stereocenters. The van der Waals surface area contributed by atoms with Crippen LogP contribution in [0.2, 0.25) is 0 Å². The van der Waals surface area contributed by atoms with Gasteiger partial charge in [0.25, 0.3) is 0 Å². The largest absolute Gasteiger partial charge is 0.459 e. The van der Waals surface area contributed by atoms with Gasteiger partial charge in [0.1, 0.15) is 0 Å². The van der Waals surface area contributed by atoms with Crippen molar-refractivity contribution in [3.63, 3.8) is 0 Å². The second kappa shape index (κ2) is 6.54. The van der Waals surface area contributed by atoms with Crippen LogP contribution in [0, 0.1) is 0 Å². The van der Waals surface area contributed by atoms with Crippen LogP contribution in [0.1, 0.15) is 18.1 Å². The lowest BCUT2D eigenvalue weighted by molar-refractivity contribution is -0.358. The number of halogens is 7. The van der Waals surface area contributed by atoms with Gasteiger partial charge in [-0.2, -0.15) is 30.7 Å². The Morgan fingerprint density at radius 1 is 1.00 bits per heavy atom. The molecule has 0 aliphatic rings. The summed E-state index contributed by atoms with van der Waals surface area (Å²) in [7, 11) is 4.13. The molecule has 0 radical (unpaired) electrons. The Morgan fingerprint density at radius 2 is 1.52 bits per heavy atom. The summed E-state index contributed by atoms with van der Waals surface area (Å²) >= 11 is 0. The molecule has 1 atom stereocenters. The summed E-state index contributed by atoms with van der Waals surface area (Å²) in [6.45, 7) is 0. The fraction of sp³-hybridized carbons (Fsp3) is 0.571. The van der Waals surface area contributed by atoms with Gasteiger partial charge in [-0.25, -0.2) is 0 Å². The van der Waals surface area contributed by atoms with Gasteiger partial charge in [0.2, 0.25) is 0 Å². The quantitative estimate of drug-likeness (QED) is 0.694. The van der Waals surface area contributed by atoms with Gasteiger partial charge in [-0.1, -0.05) is 18.2 Å². The van der Waals surface area contributed by atoms with E-state index >= 15 is 0 Å². The van der Waals surface area contributed by atoms with Gasteiger partial charge in [0.05, 0.1) is 6.10 Å². The van der Waals surface area contributed by atoms with Crippen molar-refractivity contribution in [3.8, 4) is 0 Å². The molecule has 23 heavy (non-hydrogen) atoms. The fourth-order valence-corrected chi connectivity index (χ4v) is 2.06. The minimum Gasteiger partial charge on any atom is -0.377 e. The molecule has 0 heterocycles. The van der Waals surface area contributed by atoms with Crippen LogP contribution in [0.3, 0.4) is 0 Å². The van der Waals surface area contributed by atoms with E-state index in [-0.39, 0.29) is 5.56 Å². The number of anilines is 1. The van der Waals surface area contributed by atoms with Crippen molar-refractivity contribution in [3.05, 3.63) is 29.8 Å². The van der Waals surface area contributed by atoms with Crippen LogP contribution in [0.25, 0.3) is 0 Å². The van der Waals surface area contributed by atoms with Gasteiger partial charge < -0.3 is 9.64 Å². The molecular formula is C14H16F7NO. The van der Waals surface area contributed by atoms with Crippen molar-refractivity contribution in [1.29, 1.82) is 0 Å². The van der Waals surface area contributed by atoms with Crippen molar-refractivity contribution < 1.29 is 35.5 Å². The number of nitrogens with zero attached hydrogens (tertiary/aromatic N) is 1. The van der Waals surface area contributed by atoms with Gasteiger partial charge in [0, 0.05) is 38.9 Å². The van der Waals surface area contributed by atoms with E-state index in [1.54, 1.807) is 20.2 Å². The van der Waals surface area contributed by atoms with Crippen LogP contribution in [-0.2, 0) is 4.74 Å². The SMILES string of the molecule is COC(CC(F)(F)C(F)(F)C(F)(F)F)c1ccccc1N(C)C. The molecule has 0 aliphatic carbocycles. The Kier molecular flexibility index (Phi) is 5.56. The van der Waals surface area contributed by atoms with Gasteiger partial charge in [0.15, 0.2) is 0 Å². The van der Waals surface area contributed by atoms with Crippen molar-refractivity contribution >= 4 is 5.69 Å². The second-order valence-electron chi connectivity index (χ2n) is 5.16. The Hall–Kier alpha value is -1.51. The van der Waals surface area contributed by atoms with Crippen LogP contribution in [0.5, 0.6) is 0 Å². The number of benzene rings is 1. The summed E-state index contributed by atoms with van der Waals surface area (Å²) in [6.07, 6.45) is -9.78. The lowest BCUT2D eigenvalue weighted by Crippen LogP contribution is -2.52. The zero-order valence-corrected chi connectivity index (χ0v) is 12.6. The van der Waals surface area contributed by atoms with Gasteiger partial charge in [-0.05, 0) is 6.07 Å². The number of para-hydroxylation sites is 1. The Bertz CT molecular complexity index is 528. The summed E-state index contributed by atoms with van der Waals surface area (Å²) in [6, 6.07) is 5.88. The highest BCUT2D eigenvalue weighted by Crippen LogP contribution is 2.50. The normalized spacial score (nSPS) is 14.7. The first-order chi connectivity index (χ1) is 10.3. The molecule has 1 rings (SSSR count). The highest BCUT2D eigenvalue weighted by atomic mass is 19.4. The van der Waals surface area contributed by atoms with Crippen LogP contribution in [0.15, 0.2) is 24.3 Å². The monoisotopic (exact) mass is 347 g/mol.